The molecule has 0 aliphatic heterocycles. The summed E-state index contributed by atoms with van der Waals surface area (Å²) in [7, 11) is 0. The standard InChI is InChI=1S/C15H21NO/c1-12(17)13-7-6-10-15(11-13)16-14-8-4-2-3-5-9-14/h6-7,10-11,14,16H,2-5,8-9H2,1H3. The third-order valence-electron chi connectivity index (χ3n) is 3.50. The number of carbonyl (C=O) groups is 1. The van der Waals surface area contributed by atoms with E-state index in [1.165, 1.54) is 38.5 Å². The molecule has 0 radical (unpaired) electrons. The van der Waals surface area contributed by atoms with Crippen molar-refractivity contribution in [2.75, 3.05) is 5.32 Å². The number of benzene rings is 1. The first kappa shape index (κ1) is 12.2. The number of rotatable bonds is 3. The summed E-state index contributed by atoms with van der Waals surface area (Å²) < 4.78 is 0. The molecule has 17 heavy (non-hydrogen) atoms. The van der Waals surface area contributed by atoms with Crippen LogP contribution in [0, 0.1) is 0 Å². The van der Waals surface area contributed by atoms with Crippen molar-refractivity contribution in [3.05, 3.63) is 29.8 Å². The van der Waals surface area contributed by atoms with Gasteiger partial charge >= 0.3 is 0 Å². The van der Waals surface area contributed by atoms with Crippen molar-refractivity contribution in [3.63, 3.8) is 0 Å². The Morgan fingerprint density at radius 2 is 1.88 bits per heavy atom. The summed E-state index contributed by atoms with van der Waals surface area (Å²) in [5.41, 5.74) is 1.88. The Morgan fingerprint density at radius 1 is 1.18 bits per heavy atom. The van der Waals surface area contributed by atoms with Gasteiger partial charge < -0.3 is 5.32 Å². The van der Waals surface area contributed by atoms with Gasteiger partial charge in [0.25, 0.3) is 0 Å². The van der Waals surface area contributed by atoms with Gasteiger partial charge in [-0.05, 0) is 31.9 Å². The monoisotopic (exact) mass is 231 g/mol. The molecule has 1 aromatic carbocycles. The molecule has 0 saturated heterocycles. The number of hydrogen-bond donors (Lipinski definition) is 1. The summed E-state index contributed by atoms with van der Waals surface area (Å²) in [6.07, 6.45) is 7.89. The molecule has 0 heterocycles. The Labute approximate surface area is 103 Å². The van der Waals surface area contributed by atoms with Crippen LogP contribution in [0.3, 0.4) is 0 Å². The minimum Gasteiger partial charge on any atom is -0.382 e. The zero-order chi connectivity index (χ0) is 12.1. The van der Waals surface area contributed by atoms with Crippen molar-refractivity contribution in [1.29, 1.82) is 0 Å². The molecule has 0 unspecified atom stereocenters. The summed E-state index contributed by atoms with van der Waals surface area (Å²) in [5, 5.41) is 3.56. The zero-order valence-corrected chi connectivity index (χ0v) is 10.5. The van der Waals surface area contributed by atoms with E-state index in [0.29, 0.717) is 6.04 Å². The molecule has 0 bridgehead atoms. The molecule has 0 atom stereocenters. The van der Waals surface area contributed by atoms with E-state index in [9.17, 15) is 4.79 Å². The van der Waals surface area contributed by atoms with Crippen LogP contribution in [-0.2, 0) is 0 Å². The van der Waals surface area contributed by atoms with Crippen LogP contribution < -0.4 is 5.32 Å². The van der Waals surface area contributed by atoms with Gasteiger partial charge in [-0.15, -0.1) is 0 Å². The van der Waals surface area contributed by atoms with Crippen LogP contribution in [0.5, 0.6) is 0 Å². The second-order valence-corrected chi connectivity index (χ2v) is 4.97. The second-order valence-electron chi connectivity index (χ2n) is 4.97. The smallest absolute Gasteiger partial charge is 0.159 e. The fraction of sp³-hybridized carbons (Fsp3) is 0.533. The molecule has 92 valence electrons. The van der Waals surface area contributed by atoms with Crippen LogP contribution in [0.1, 0.15) is 55.8 Å². The van der Waals surface area contributed by atoms with Crippen LogP contribution in [0.2, 0.25) is 0 Å². The van der Waals surface area contributed by atoms with Gasteiger partial charge in [-0.1, -0.05) is 37.8 Å². The largest absolute Gasteiger partial charge is 0.382 e. The highest BCUT2D eigenvalue weighted by Crippen LogP contribution is 2.21. The van der Waals surface area contributed by atoms with E-state index in [2.05, 4.69) is 11.4 Å². The molecule has 1 N–H and O–H groups in total. The Kier molecular flexibility index (Phi) is 4.18. The molecular formula is C15H21NO. The van der Waals surface area contributed by atoms with Crippen LogP contribution >= 0.6 is 0 Å². The van der Waals surface area contributed by atoms with E-state index in [0.717, 1.165) is 11.3 Å². The van der Waals surface area contributed by atoms with Crippen molar-refractivity contribution < 1.29 is 4.79 Å². The van der Waals surface area contributed by atoms with E-state index >= 15 is 0 Å². The van der Waals surface area contributed by atoms with Crippen molar-refractivity contribution >= 4 is 11.5 Å². The molecule has 1 aromatic rings. The zero-order valence-electron chi connectivity index (χ0n) is 10.5. The summed E-state index contributed by atoms with van der Waals surface area (Å²) in [5.74, 6) is 0.134. The number of hydrogen-bond acceptors (Lipinski definition) is 2. The summed E-state index contributed by atoms with van der Waals surface area (Å²) in [6.45, 7) is 1.62. The minimum atomic E-state index is 0.134. The Bertz CT molecular complexity index is 378. The van der Waals surface area contributed by atoms with E-state index in [1.807, 2.05) is 18.2 Å². The third kappa shape index (κ3) is 3.58. The van der Waals surface area contributed by atoms with Gasteiger partial charge in [-0.25, -0.2) is 0 Å². The quantitative estimate of drug-likeness (QED) is 0.628. The summed E-state index contributed by atoms with van der Waals surface area (Å²) in [4.78, 5) is 11.3. The van der Waals surface area contributed by atoms with Crippen LogP contribution in [0.4, 0.5) is 5.69 Å². The molecule has 2 nitrogen and oxygen atoms in total. The van der Waals surface area contributed by atoms with Gasteiger partial charge in [0.05, 0.1) is 0 Å². The maximum Gasteiger partial charge on any atom is 0.159 e. The molecule has 0 amide bonds. The van der Waals surface area contributed by atoms with Gasteiger partial charge in [-0.3, -0.25) is 4.79 Å². The van der Waals surface area contributed by atoms with Crippen LogP contribution in [0.15, 0.2) is 24.3 Å². The van der Waals surface area contributed by atoms with E-state index < -0.39 is 0 Å². The van der Waals surface area contributed by atoms with E-state index in [-0.39, 0.29) is 5.78 Å². The SMILES string of the molecule is CC(=O)c1cccc(NC2CCCCCC2)c1. The Hall–Kier alpha value is -1.31. The van der Waals surface area contributed by atoms with E-state index in [1.54, 1.807) is 6.92 Å². The van der Waals surface area contributed by atoms with Gasteiger partial charge in [0.15, 0.2) is 5.78 Å². The lowest BCUT2D eigenvalue weighted by atomic mass is 10.1. The van der Waals surface area contributed by atoms with E-state index in [4.69, 9.17) is 0 Å². The minimum absolute atomic E-state index is 0.134. The molecule has 1 fully saturated rings. The normalized spacial score (nSPS) is 17.5. The van der Waals surface area contributed by atoms with Crippen molar-refractivity contribution in [2.45, 2.75) is 51.5 Å². The Morgan fingerprint density at radius 3 is 2.53 bits per heavy atom. The predicted molar refractivity (Wildman–Crippen MR) is 71.6 cm³/mol. The van der Waals surface area contributed by atoms with Crippen molar-refractivity contribution in [2.24, 2.45) is 0 Å². The van der Waals surface area contributed by atoms with Crippen molar-refractivity contribution in [1.82, 2.24) is 0 Å². The topological polar surface area (TPSA) is 29.1 Å². The highest BCUT2D eigenvalue weighted by atomic mass is 16.1. The molecule has 1 saturated carbocycles. The number of anilines is 1. The summed E-state index contributed by atoms with van der Waals surface area (Å²) >= 11 is 0. The first-order valence-corrected chi connectivity index (χ1v) is 6.63. The number of Topliss-reactive ketones (excluding diaryl/α,β-unsaturated/α-hetero) is 1. The van der Waals surface area contributed by atoms with Gasteiger partial charge in [0, 0.05) is 17.3 Å². The average Bonchev–Trinajstić information content (AvgIpc) is 2.58. The number of ketones is 1. The fourth-order valence-corrected chi connectivity index (χ4v) is 2.49. The second kappa shape index (κ2) is 5.85. The maximum absolute atomic E-state index is 11.3. The lowest BCUT2D eigenvalue weighted by molar-refractivity contribution is 0.101. The highest BCUT2D eigenvalue weighted by molar-refractivity contribution is 5.94. The van der Waals surface area contributed by atoms with Gasteiger partial charge in [-0.2, -0.15) is 0 Å². The molecular weight excluding hydrogens is 210 g/mol. The molecule has 0 aromatic heterocycles. The predicted octanol–water partition coefficient (Wildman–Crippen LogP) is 4.02. The van der Waals surface area contributed by atoms with Gasteiger partial charge in [0.2, 0.25) is 0 Å². The first-order valence-electron chi connectivity index (χ1n) is 6.63. The molecule has 2 rings (SSSR count). The van der Waals surface area contributed by atoms with Crippen LogP contribution in [0.25, 0.3) is 0 Å². The maximum atomic E-state index is 11.3. The first-order chi connectivity index (χ1) is 8.25. The number of nitrogens with one attached hydrogen (secondary N) is 1. The lowest BCUT2D eigenvalue weighted by Gasteiger charge is -2.17. The molecule has 2 heteroatoms. The lowest BCUT2D eigenvalue weighted by Crippen LogP contribution is -2.18. The molecule has 1 aliphatic carbocycles. The van der Waals surface area contributed by atoms with Crippen LogP contribution in [-0.4, -0.2) is 11.8 Å². The highest BCUT2D eigenvalue weighted by Gasteiger charge is 2.12. The number of carbonyl (C=O) groups excluding carboxylic acids is 1. The molecule has 1 aliphatic rings. The fourth-order valence-electron chi connectivity index (χ4n) is 2.49. The molecule has 0 spiro atoms. The van der Waals surface area contributed by atoms with Crippen molar-refractivity contribution in [3.8, 4) is 0 Å². The Balaban J connectivity index is 2.01. The third-order valence-corrected chi connectivity index (χ3v) is 3.50. The summed E-state index contributed by atoms with van der Waals surface area (Å²) in [6, 6.07) is 8.43. The average molecular weight is 231 g/mol. The van der Waals surface area contributed by atoms with Gasteiger partial charge in [0.1, 0.15) is 0 Å².